The molecule has 2 aromatic heterocycles. The first-order chi connectivity index (χ1) is 14.2. The number of aromatic nitrogens is 4. The molecule has 0 saturated heterocycles. The maximum absolute atomic E-state index is 6.02. The first kappa shape index (κ1) is 17.9. The highest BCUT2D eigenvalue weighted by Gasteiger charge is 2.24. The first-order valence-corrected chi connectivity index (χ1v) is 9.50. The Hall–Kier alpha value is -3.16. The van der Waals surface area contributed by atoms with Crippen LogP contribution in [0.1, 0.15) is 17.4 Å². The van der Waals surface area contributed by atoms with Crippen molar-refractivity contribution in [2.24, 2.45) is 0 Å². The van der Waals surface area contributed by atoms with E-state index in [1.54, 1.807) is 19.2 Å². The van der Waals surface area contributed by atoms with Crippen molar-refractivity contribution in [2.45, 2.75) is 19.3 Å². The third-order valence-electron chi connectivity index (χ3n) is 4.87. The third-order valence-corrected chi connectivity index (χ3v) is 5.12. The van der Waals surface area contributed by atoms with Crippen molar-refractivity contribution in [1.82, 2.24) is 19.9 Å². The molecule has 5 rings (SSSR count). The van der Waals surface area contributed by atoms with E-state index in [0.29, 0.717) is 35.6 Å². The zero-order valence-electron chi connectivity index (χ0n) is 15.6. The summed E-state index contributed by atoms with van der Waals surface area (Å²) >= 11 is 5.93. The minimum atomic E-state index is -0.0755. The van der Waals surface area contributed by atoms with Crippen molar-refractivity contribution in [3.8, 4) is 28.7 Å². The molecule has 1 aliphatic heterocycles. The van der Waals surface area contributed by atoms with Gasteiger partial charge in [0.15, 0.2) is 5.69 Å². The van der Waals surface area contributed by atoms with Crippen LogP contribution >= 0.6 is 11.6 Å². The van der Waals surface area contributed by atoms with Crippen LogP contribution in [0.5, 0.6) is 5.75 Å². The van der Waals surface area contributed by atoms with E-state index in [9.17, 15) is 0 Å². The molecule has 29 heavy (non-hydrogen) atoms. The van der Waals surface area contributed by atoms with Crippen molar-refractivity contribution in [3.63, 3.8) is 0 Å². The van der Waals surface area contributed by atoms with Crippen molar-refractivity contribution < 1.29 is 14.0 Å². The number of ether oxygens (including phenoxy) is 2. The lowest BCUT2D eigenvalue weighted by Crippen LogP contribution is -2.21. The SMILES string of the molecule is COc1ccc([C@H]2Cn3nc(-c4nc(-c5ccc(Cl)cc5)no4)cc3CO2)cc1. The molecule has 0 spiro atoms. The van der Waals surface area contributed by atoms with Crippen LogP contribution in [0, 0.1) is 0 Å². The molecular weight excluding hydrogens is 392 g/mol. The van der Waals surface area contributed by atoms with Gasteiger partial charge in [0, 0.05) is 10.6 Å². The van der Waals surface area contributed by atoms with E-state index in [0.717, 1.165) is 22.6 Å². The van der Waals surface area contributed by atoms with Crippen LogP contribution in [0.25, 0.3) is 23.0 Å². The Bertz CT molecular complexity index is 1140. The fourth-order valence-electron chi connectivity index (χ4n) is 3.29. The lowest BCUT2D eigenvalue weighted by atomic mass is 10.1. The van der Waals surface area contributed by atoms with Crippen LogP contribution < -0.4 is 4.74 Å². The van der Waals surface area contributed by atoms with Gasteiger partial charge in [-0.25, -0.2) is 0 Å². The number of benzene rings is 2. The van der Waals surface area contributed by atoms with Crippen LogP contribution in [0.4, 0.5) is 0 Å². The number of hydrogen-bond donors (Lipinski definition) is 0. The average molecular weight is 409 g/mol. The number of fused-ring (bicyclic) bond motifs is 1. The van der Waals surface area contributed by atoms with Gasteiger partial charge >= 0.3 is 0 Å². The second-order valence-electron chi connectivity index (χ2n) is 6.71. The Morgan fingerprint density at radius 1 is 1.10 bits per heavy atom. The molecule has 8 heteroatoms. The Kier molecular flexibility index (Phi) is 4.54. The average Bonchev–Trinajstić information content (AvgIpc) is 3.41. The van der Waals surface area contributed by atoms with E-state index in [1.165, 1.54) is 0 Å². The molecule has 0 aliphatic carbocycles. The number of methoxy groups -OCH3 is 1. The second-order valence-corrected chi connectivity index (χ2v) is 7.14. The molecule has 2 aromatic carbocycles. The van der Waals surface area contributed by atoms with E-state index in [4.69, 9.17) is 25.6 Å². The van der Waals surface area contributed by atoms with E-state index < -0.39 is 0 Å². The van der Waals surface area contributed by atoms with Gasteiger partial charge in [0.05, 0.1) is 26.0 Å². The van der Waals surface area contributed by atoms with Gasteiger partial charge in [-0.3, -0.25) is 4.68 Å². The summed E-state index contributed by atoms with van der Waals surface area (Å²) in [7, 11) is 1.65. The zero-order chi connectivity index (χ0) is 19.8. The summed E-state index contributed by atoms with van der Waals surface area (Å²) in [6.07, 6.45) is -0.0755. The van der Waals surface area contributed by atoms with Gasteiger partial charge < -0.3 is 14.0 Å². The summed E-state index contributed by atoms with van der Waals surface area (Å²) in [5.41, 5.74) is 3.51. The number of hydrogen-bond acceptors (Lipinski definition) is 6. The van der Waals surface area contributed by atoms with E-state index >= 15 is 0 Å². The summed E-state index contributed by atoms with van der Waals surface area (Å²) in [5, 5.41) is 9.36. The van der Waals surface area contributed by atoms with Crippen LogP contribution in [0.15, 0.2) is 59.1 Å². The molecular formula is C21H17ClN4O3. The van der Waals surface area contributed by atoms with Gasteiger partial charge in [0.1, 0.15) is 11.9 Å². The van der Waals surface area contributed by atoms with Crippen molar-refractivity contribution in [3.05, 3.63) is 70.9 Å². The standard InChI is InChI=1S/C21H17ClN4O3/c1-27-17-8-4-13(5-9-17)19-11-26-16(12-28-19)10-18(24-26)21-23-20(25-29-21)14-2-6-15(22)7-3-14/h2-10,19H,11-12H2,1H3/t19-/m1/s1. The largest absolute Gasteiger partial charge is 0.497 e. The van der Waals surface area contributed by atoms with Gasteiger partial charge in [0.25, 0.3) is 5.89 Å². The molecule has 7 nitrogen and oxygen atoms in total. The molecule has 1 aliphatic rings. The minimum absolute atomic E-state index is 0.0755. The molecule has 3 heterocycles. The second kappa shape index (κ2) is 7.35. The number of rotatable bonds is 4. The quantitative estimate of drug-likeness (QED) is 0.493. The highest BCUT2D eigenvalue weighted by atomic mass is 35.5. The topological polar surface area (TPSA) is 75.2 Å². The predicted octanol–water partition coefficient (Wildman–Crippen LogP) is 4.53. The summed E-state index contributed by atoms with van der Waals surface area (Å²) < 4.78 is 18.6. The van der Waals surface area contributed by atoms with Crippen LogP contribution in [0.3, 0.4) is 0 Å². The molecule has 0 amide bonds. The molecule has 0 fully saturated rings. The molecule has 0 unspecified atom stereocenters. The fraction of sp³-hybridized carbons (Fsp3) is 0.190. The number of halogens is 1. The maximum Gasteiger partial charge on any atom is 0.278 e. The summed E-state index contributed by atoms with van der Waals surface area (Å²) in [6, 6.07) is 17.1. The number of nitrogens with zero attached hydrogens (tertiary/aromatic N) is 4. The lowest BCUT2D eigenvalue weighted by molar-refractivity contribution is -0.00115. The Labute approximate surface area is 171 Å². The smallest absolute Gasteiger partial charge is 0.278 e. The summed E-state index contributed by atoms with van der Waals surface area (Å²) in [4.78, 5) is 4.47. The minimum Gasteiger partial charge on any atom is -0.497 e. The van der Waals surface area contributed by atoms with E-state index in [1.807, 2.05) is 47.1 Å². The molecule has 4 aromatic rings. The van der Waals surface area contributed by atoms with E-state index in [2.05, 4.69) is 15.2 Å². The zero-order valence-corrected chi connectivity index (χ0v) is 16.3. The van der Waals surface area contributed by atoms with Crippen molar-refractivity contribution >= 4 is 11.6 Å². The van der Waals surface area contributed by atoms with Gasteiger partial charge in [-0.1, -0.05) is 28.9 Å². The van der Waals surface area contributed by atoms with Crippen molar-refractivity contribution in [1.29, 1.82) is 0 Å². The van der Waals surface area contributed by atoms with Gasteiger partial charge in [0.2, 0.25) is 5.82 Å². The Balaban J connectivity index is 1.37. The molecule has 146 valence electrons. The summed E-state index contributed by atoms with van der Waals surface area (Å²) in [6.45, 7) is 1.07. The Morgan fingerprint density at radius 3 is 2.66 bits per heavy atom. The molecule has 0 N–H and O–H groups in total. The van der Waals surface area contributed by atoms with Gasteiger partial charge in [-0.15, -0.1) is 0 Å². The van der Waals surface area contributed by atoms with Gasteiger partial charge in [-0.05, 0) is 48.0 Å². The predicted molar refractivity (Wildman–Crippen MR) is 106 cm³/mol. The molecule has 0 bridgehead atoms. The lowest BCUT2D eigenvalue weighted by Gasteiger charge is -2.24. The molecule has 0 radical (unpaired) electrons. The fourth-order valence-corrected chi connectivity index (χ4v) is 3.42. The first-order valence-electron chi connectivity index (χ1n) is 9.12. The Morgan fingerprint density at radius 2 is 1.90 bits per heavy atom. The highest BCUT2D eigenvalue weighted by Crippen LogP contribution is 2.30. The molecule has 1 atom stereocenters. The summed E-state index contributed by atoms with van der Waals surface area (Å²) in [5.74, 6) is 1.69. The maximum atomic E-state index is 6.02. The van der Waals surface area contributed by atoms with Gasteiger partial charge in [-0.2, -0.15) is 10.1 Å². The normalized spacial score (nSPS) is 15.9. The van der Waals surface area contributed by atoms with E-state index in [-0.39, 0.29) is 6.10 Å². The van der Waals surface area contributed by atoms with Crippen LogP contribution in [-0.2, 0) is 17.9 Å². The van der Waals surface area contributed by atoms with Crippen LogP contribution in [-0.4, -0.2) is 27.0 Å². The molecule has 0 saturated carbocycles. The monoisotopic (exact) mass is 408 g/mol. The van der Waals surface area contributed by atoms with Crippen LogP contribution in [0.2, 0.25) is 5.02 Å². The van der Waals surface area contributed by atoms with Crippen molar-refractivity contribution in [2.75, 3.05) is 7.11 Å². The third kappa shape index (κ3) is 3.50. The highest BCUT2D eigenvalue weighted by molar-refractivity contribution is 6.30.